The first-order chi connectivity index (χ1) is 26.4. The Morgan fingerprint density at radius 3 is 1.85 bits per heavy atom. The topological polar surface area (TPSA) is 40.8 Å². The van der Waals surface area contributed by atoms with E-state index in [0.717, 1.165) is 34.0 Å². The molecular weight excluding hydrogens is 849 g/mol. The minimum Gasteiger partial charge on any atom is -0.808 e. The molecule has 10 rings (SSSR count). The van der Waals surface area contributed by atoms with Crippen LogP contribution in [0.4, 0.5) is 22.7 Å². The molecule has 0 amide bonds. The molecular formula is C50H38IrN4-4. The Morgan fingerprint density at radius 2 is 1.25 bits per heavy atom. The second-order valence-electron chi connectivity index (χ2n) is 14.0. The van der Waals surface area contributed by atoms with Crippen molar-refractivity contribution in [3.05, 3.63) is 216 Å². The molecule has 0 saturated heterocycles. The summed E-state index contributed by atoms with van der Waals surface area (Å²) in [6.07, 6.45) is 1.72. The third kappa shape index (κ3) is 6.01. The normalized spacial score (nSPS) is 13.6. The van der Waals surface area contributed by atoms with Gasteiger partial charge < -0.3 is 20.5 Å². The number of hydrogen-bond acceptors (Lipinski definition) is 3. The van der Waals surface area contributed by atoms with Crippen LogP contribution in [0, 0.1) is 18.8 Å². The maximum atomic E-state index is 9.12. The maximum absolute atomic E-state index is 9.12. The van der Waals surface area contributed by atoms with Gasteiger partial charge in [-0.25, -0.2) is 0 Å². The molecule has 0 fully saturated rings. The average Bonchev–Trinajstić information content (AvgIpc) is 3.88. The Labute approximate surface area is 337 Å². The monoisotopic (exact) mass is 887 g/mol. The van der Waals surface area contributed by atoms with Gasteiger partial charge in [-0.05, 0) is 63.6 Å². The molecule has 271 valence electrons. The minimum atomic E-state index is -0.321. The van der Waals surface area contributed by atoms with Gasteiger partial charge in [-0.2, -0.15) is 54.8 Å². The van der Waals surface area contributed by atoms with E-state index in [1.165, 1.54) is 50.1 Å². The van der Waals surface area contributed by atoms with Crippen LogP contribution in [0.15, 0.2) is 169 Å². The molecule has 0 unspecified atom stereocenters. The second-order valence-corrected chi connectivity index (χ2v) is 14.0. The van der Waals surface area contributed by atoms with Crippen molar-refractivity contribution in [2.24, 2.45) is 0 Å². The molecule has 0 bridgehead atoms. The summed E-state index contributed by atoms with van der Waals surface area (Å²) in [5.41, 5.74) is 18.4. The van der Waals surface area contributed by atoms with Crippen LogP contribution in [0.25, 0.3) is 38.8 Å². The maximum Gasteiger partial charge on any atom is 0.0725 e. The summed E-state index contributed by atoms with van der Waals surface area (Å²) >= 11 is 0. The number of hydrogen-bond donors (Lipinski definition) is 1. The van der Waals surface area contributed by atoms with Crippen molar-refractivity contribution < 1.29 is 20.1 Å². The summed E-state index contributed by atoms with van der Waals surface area (Å²) in [6, 6.07) is 63.1. The summed E-state index contributed by atoms with van der Waals surface area (Å²) in [6.45, 7) is 5.61. The zero-order valence-corrected chi connectivity index (χ0v) is 33.2. The third-order valence-electron chi connectivity index (χ3n) is 10.9. The molecule has 2 aliphatic carbocycles. The first-order valence-electron chi connectivity index (χ1n) is 18.3. The zero-order chi connectivity index (χ0) is 36.8. The number of anilines is 4. The van der Waals surface area contributed by atoms with Crippen molar-refractivity contribution in [3.8, 4) is 33.4 Å². The van der Waals surface area contributed by atoms with E-state index >= 15 is 0 Å². The number of fused-ring (bicyclic) bond motifs is 11. The van der Waals surface area contributed by atoms with Crippen molar-refractivity contribution in [3.63, 3.8) is 0 Å². The van der Waals surface area contributed by atoms with Gasteiger partial charge in [-0.1, -0.05) is 127 Å². The van der Waals surface area contributed by atoms with Crippen LogP contribution in [0.2, 0.25) is 0 Å². The molecule has 1 radical (unpaired) electrons. The van der Waals surface area contributed by atoms with Crippen molar-refractivity contribution in [1.82, 2.24) is 0 Å². The molecule has 5 heteroatoms. The predicted molar refractivity (Wildman–Crippen MR) is 225 cm³/mol. The van der Waals surface area contributed by atoms with Gasteiger partial charge in [0.15, 0.2) is 0 Å². The number of rotatable bonds is 5. The van der Waals surface area contributed by atoms with E-state index in [1.807, 2.05) is 49.8 Å². The molecule has 7 aromatic rings. The van der Waals surface area contributed by atoms with E-state index in [4.69, 9.17) is 5.41 Å². The van der Waals surface area contributed by atoms with Gasteiger partial charge in [-0.15, -0.1) is 23.4 Å². The summed E-state index contributed by atoms with van der Waals surface area (Å²) < 4.78 is 0. The van der Waals surface area contributed by atoms with E-state index in [1.54, 1.807) is 13.0 Å². The fraction of sp³-hybridized carbons (Fsp3) is 0.0800. The Bertz CT molecular complexity index is 2510. The average molecular weight is 887 g/mol. The fourth-order valence-corrected chi connectivity index (χ4v) is 8.41. The van der Waals surface area contributed by atoms with Gasteiger partial charge in [0, 0.05) is 44.2 Å². The number of nitrogens with one attached hydrogen (secondary N) is 1. The van der Waals surface area contributed by atoms with E-state index in [-0.39, 0.29) is 25.5 Å². The predicted octanol–water partition coefficient (Wildman–Crippen LogP) is 12.0. The molecule has 4 nitrogen and oxygen atoms in total. The van der Waals surface area contributed by atoms with Gasteiger partial charge in [0.1, 0.15) is 0 Å². The minimum absolute atomic E-state index is 0. The van der Waals surface area contributed by atoms with E-state index in [2.05, 4.69) is 156 Å². The molecule has 0 aromatic heterocycles. The second kappa shape index (κ2) is 14.7. The molecule has 3 aliphatic rings. The van der Waals surface area contributed by atoms with Gasteiger partial charge >= 0.3 is 0 Å². The largest absolute Gasteiger partial charge is 0.808 e. The quantitative estimate of drug-likeness (QED) is 0.138. The molecule has 1 spiro atoms. The third-order valence-corrected chi connectivity index (χ3v) is 10.9. The van der Waals surface area contributed by atoms with Crippen LogP contribution in [0.5, 0.6) is 0 Å². The fourth-order valence-electron chi connectivity index (χ4n) is 8.41. The number of nitrogens with zero attached hydrogens (tertiary/aromatic N) is 3. The summed E-state index contributed by atoms with van der Waals surface area (Å²) in [5, 5.41) is 12.5. The molecule has 0 saturated carbocycles. The van der Waals surface area contributed by atoms with Crippen molar-refractivity contribution >= 4 is 28.5 Å². The molecule has 0 atom stereocenters. The van der Waals surface area contributed by atoms with Crippen LogP contribution in [0.3, 0.4) is 0 Å². The standard InChI is InChI=1S/C38H24N2.C12H14N2.Ir/c1-4-12-32-28(9-1)29-10-2-5-13-33(29)38(32)34-14-6-3-11-30(34)31-22-19-26(23-35(31)38)25-17-20-27(21-18-25)40-24-39-36-15-7-8-16-37(36)40;1-10(13)9-11(2)14(3)12-7-5-4-6-8-12;/h1-20,22-24,39H;4-7,9H,1-3H3;/q2*-2;/b;11-9-;. The zero-order valence-electron chi connectivity index (χ0n) is 30.8. The summed E-state index contributed by atoms with van der Waals surface area (Å²) in [4.78, 5) is 4.12. The molecule has 7 aromatic carbocycles. The summed E-state index contributed by atoms with van der Waals surface area (Å²) in [7, 11) is 1.95. The first-order valence-corrected chi connectivity index (χ1v) is 18.3. The van der Waals surface area contributed by atoms with Crippen LogP contribution >= 0.6 is 0 Å². The Morgan fingerprint density at radius 1 is 0.673 bits per heavy atom. The van der Waals surface area contributed by atoms with Crippen LogP contribution in [0.1, 0.15) is 36.1 Å². The summed E-state index contributed by atoms with van der Waals surface area (Å²) in [5.74, 6) is 0. The van der Waals surface area contributed by atoms with Gasteiger partial charge in [0.25, 0.3) is 0 Å². The van der Waals surface area contributed by atoms with Gasteiger partial charge in [-0.3, -0.25) is 0 Å². The number of para-hydroxylation sites is 3. The first kappa shape index (κ1) is 36.0. The van der Waals surface area contributed by atoms with Crippen molar-refractivity contribution in [1.29, 1.82) is 0 Å². The van der Waals surface area contributed by atoms with E-state index < -0.39 is 0 Å². The Hall–Kier alpha value is -6.00. The van der Waals surface area contributed by atoms with Crippen molar-refractivity contribution in [2.75, 3.05) is 22.2 Å². The number of allylic oxidation sites excluding steroid dienone is 2. The van der Waals surface area contributed by atoms with E-state index in [0.29, 0.717) is 5.71 Å². The van der Waals surface area contributed by atoms with Crippen molar-refractivity contribution in [2.45, 2.75) is 19.3 Å². The Kier molecular flexibility index (Phi) is 9.61. The SMILES string of the molecule is CC(=[N-])/C=C(/C)N(C)c1[c-]cccc1.[Ir].[c-]1cc(-c2ccc3c(c2)C2(c4ccccc4-c4ccccc42)c2ccccc2-3)ccc1N1[CH-]Nc2ccccc21. The van der Waals surface area contributed by atoms with Crippen LogP contribution in [-0.2, 0) is 25.5 Å². The smallest absolute Gasteiger partial charge is 0.0725 e. The Balaban J connectivity index is 0.000000244. The van der Waals surface area contributed by atoms with Crippen LogP contribution in [-0.4, -0.2) is 12.8 Å². The molecule has 55 heavy (non-hydrogen) atoms. The molecule has 1 aliphatic heterocycles. The molecule has 1 heterocycles. The number of benzene rings is 7. The van der Waals surface area contributed by atoms with E-state index in [9.17, 15) is 0 Å². The van der Waals surface area contributed by atoms with Gasteiger partial charge in [0.05, 0.1) is 5.41 Å². The van der Waals surface area contributed by atoms with Crippen LogP contribution < -0.4 is 15.1 Å². The molecule has 1 N–H and O–H groups in total. The van der Waals surface area contributed by atoms with Gasteiger partial charge in [0.2, 0.25) is 0 Å².